The first-order valence-corrected chi connectivity index (χ1v) is 4.99. The van der Waals surface area contributed by atoms with Crippen molar-refractivity contribution in [2.45, 2.75) is 19.4 Å². The van der Waals surface area contributed by atoms with Gasteiger partial charge in [-0.05, 0) is 19.1 Å². The van der Waals surface area contributed by atoms with Crippen molar-refractivity contribution in [1.82, 2.24) is 5.32 Å². The summed E-state index contributed by atoms with van der Waals surface area (Å²) in [6.45, 7) is 6.66. The Morgan fingerprint density at radius 1 is 1.31 bits per heavy atom. The Labute approximate surface area is 95.0 Å². The fraction of sp³-hybridized carbons (Fsp3) is 0.250. The van der Waals surface area contributed by atoms with Crippen molar-refractivity contribution in [3.05, 3.63) is 37.3 Å². The van der Waals surface area contributed by atoms with Crippen molar-refractivity contribution in [2.75, 3.05) is 5.32 Å². The Balaban J connectivity index is 2.39. The van der Waals surface area contributed by atoms with E-state index in [1.54, 1.807) is 19.1 Å². The lowest BCUT2D eigenvalue weighted by Crippen LogP contribution is -2.33. The summed E-state index contributed by atoms with van der Waals surface area (Å²) < 4.78 is 0. The third-order valence-corrected chi connectivity index (χ3v) is 1.94. The summed E-state index contributed by atoms with van der Waals surface area (Å²) >= 11 is 0. The minimum Gasteiger partial charge on any atom is -0.353 e. The molecule has 0 spiro atoms. The van der Waals surface area contributed by atoms with Gasteiger partial charge in [0.1, 0.15) is 0 Å². The molecule has 84 valence electrons. The second kappa shape index (κ2) is 5.90. The van der Waals surface area contributed by atoms with Crippen LogP contribution in [0.2, 0.25) is 0 Å². The van der Waals surface area contributed by atoms with Crippen LogP contribution in [0.25, 0.3) is 0 Å². The highest BCUT2D eigenvalue weighted by atomic mass is 16.2. The summed E-state index contributed by atoms with van der Waals surface area (Å²) in [5, 5.41) is 5.15. The zero-order valence-corrected chi connectivity index (χ0v) is 9.07. The first-order chi connectivity index (χ1) is 7.58. The van der Waals surface area contributed by atoms with Crippen LogP contribution in [-0.4, -0.2) is 17.9 Å². The zero-order chi connectivity index (χ0) is 12.0. The third kappa shape index (κ3) is 4.59. The molecule has 0 heterocycles. The van der Waals surface area contributed by atoms with Crippen LogP contribution in [0.15, 0.2) is 30.3 Å². The van der Waals surface area contributed by atoms with Crippen molar-refractivity contribution in [3.8, 4) is 0 Å². The molecule has 0 saturated carbocycles. The predicted molar refractivity (Wildman–Crippen MR) is 61.6 cm³/mol. The van der Waals surface area contributed by atoms with Gasteiger partial charge in [-0.1, -0.05) is 18.2 Å². The molecule has 0 aliphatic carbocycles. The number of carbonyl (C=O) groups is 2. The number of hydrogen-bond donors (Lipinski definition) is 2. The highest BCUT2D eigenvalue weighted by molar-refractivity contribution is 5.91. The molecule has 0 fully saturated rings. The quantitative estimate of drug-likeness (QED) is 0.798. The molecule has 0 aliphatic heterocycles. The van der Waals surface area contributed by atoms with Crippen LogP contribution in [0, 0.1) is 6.92 Å². The Hall–Kier alpha value is -1.84. The molecule has 0 aliphatic rings. The number of nitrogens with one attached hydrogen (secondary N) is 2. The van der Waals surface area contributed by atoms with E-state index in [1.165, 1.54) is 0 Å². The number of rotatable bonds is 4. The van der Waals surface area contributed by atoms with E-state index < -0.39 is 5.91 Å². The topological polar surface area (TPSA) is 58.2 Å². The molecule has 0 aromatic heterocycles. The predicted octanol–water partition coefficient (Wildman–Crippen LogP) is 1.23. The first-order valence-electron chi connectivity index (χ1n) is 4.99. The van der Waals surface area contributed by atoms with E-state index in [4.69, 9.17) is 6.92 Å². The van der Waals surface area contributed by atoms with Crippen LogP contribution < -0.4 is 10.6 Å². The molecule has 4 heteroatoms. The summed E-state index contributed by atoms with van der Waals surface area (Å²) in [6.07, 6.45) is 0.192. The van der Waals surface area contributed by atoms with Crippen LogP contribution in [0.3, 0.4) is 0 Å². The summed E-state index contributed by atoms with van der Waals surface area (Å²) in [5.41, 5.74) is 0.735. The van der Waals surface area contributed by atoms with Gasteiger partial charge in [-0.25, -0.2) is 0 Å². The fourth-order valence-corrected chi connectivity index (χ4v) is 1.31. The lowest BCUT2D eigenvalue weighted by molar-refractivity contribution is -0.118. The van der Waals surface area contributed by atoms with Crippen molar-refractivity contribution < 1.29 is 9.59 Å². The van der Waals surface area contributed by atoms with E-state index in [0.717, 1.165) is 5.69 Å². The van der Waals surface area contributed by atoms with Crippen LogP contribution in [0.1, 0.15) is 13.3 Å². The van der Waals surface area contributed by atoms with Crippen molar-refractivity contribution in [3.63, 3.8) is 0 Å². The summed E-state index contributed by atoms with van der Waals surface area (Å²) in [6, 6.07) is 8.85. The lowest BCUT2D eigenvalue weighted by atomic mass is 10.2. The Bertz CT molecular complexity index is 363. The smallest absolute Gasteiger partial charge is 0.226 e. The highest BCUT2D eigenvalue weighted by Crippen LogP contribution is 2.05. The van der Waals surface area contributed by atoms with Gasteiger partial charge < -0.3 is 10.6 Å². The van der Waals surface area contributed by atoms with Gasteiger partial charge >= 0.3 is 0 Å². The van der Waals surface area contributed by atoms with Crippen LogP contribution in [0.4, 0.5) is 5.69 Å². The summed E-state index contributed by atoms with van der Waals surface area (Å²) in [7, 11) is 0. The number of anilines is 1. The van der Waals surface area contributed by atoms with E-state index >= 15 is 0 Å². The molecule has 16 heavy (non-hydrogen) atoms. The summed E-state index contributed by atoms with van der Waals surface area (Å²) in [4.78, 5) is 22.0. The molecule has 2 radical (unpaired) electrons. The van der Waals surface area contributed by atoms with E-state index in [1.807, 2.05) is 18.2 Å². The molecule has 2 amide bonds. The monoisotopic (exact) mass is 218 g/mol. The number of benzene rings is 1. The van der Waals surface area contributed by atoms with Gasteiger partial charge in [-0.2, -0.15) is 0 Å². The van der Waals surface area contributed by atoms with E-state index in [0.29, 0.717) is 0 Å². The average molecular weight is 218 g/mol. The molecule has 2 N–H and O–H groups in total. The zero-order valence-electron chi connectivity index (χ0n) is 9.07. The maximum atomic E-state index is 11.5. The maximum absolute atomic E-state index is 11.5. The Morgan fingerprint density at radius 2 is 1.94 bits per heavy atom. The lowest BCUT2D eigenvalue weighted by Gasteiger charge is -2.12. The van der Waals surface area contributed by atoms with E-state index in [2.05, 4.69) is 10.6 Å². The van der Waals surface area contributed by atoms with Crippen molar-refractivity contribution >= 4 is 17.5 Å². The SMILES string of the molecule is [CH]C(=O)NC(C)CC(=O)Nc1ccccc1. The third-order valence-electron chi connectivity index (χ3n) is 1.94. The number of hydrogen-bond acceptors (Lipinski definition) is 2. The van der Waals surface area contributed by atoms with Gasteiger partial charge in [0.25, 0.3) is 0 Å². The standard InChI is InChI=1S/C12H14N2O2/c1-9(13-10(2)15)8-12(16)14-11-6-4-3-5-7-11/h2-7,9H,8H2,1H3,(H,13,15)(H,14,16). The van der Waals surface area contributed by atoms with Crippen molar-refractivity contribution in [2.24, 2.45) is 0 Å². The van der Waals surface area contributed by atoms with E-state index in [-0.39, 0.29) is 18.4 Å². The largest absolute Gasteiger partial charge is 0.353 e. The molecule has 1 atom stereocenters. The minimum absolute atomic E-state index is 0.160. The molecule has 1 aromatic rings. The molecule has 1 unspecified atom stereocenters. The molecule has 0 bridgehead atoms. The second-order valence-corrected chi connectivity index (χ2v) is 3.53. The van der Waals surface area contributed by atoms with Crippen LogP contribution in [-0.2, 0) is 9.59 Å². The molecular weight excluding hydrogens is 204 g/mol. The van der Waals surface area contributed by atoms with Gasteiger partial charge in [-0.3, -0.25) is 9.59 Å². The molecule has 4 nitrogen and oxygen atoms in total. The van der Waals surface area contributed by atoms with Gasteiger partial charge in [0.05, 0.1) is 6.92 Å². The minimum atomic E-state index is -0.625. The number of para-hydroxylation sites is 1. The van der Waals surface area contributed by atoms with Crippen LogP contribution >= 0.6 is 0 Å². The van der Waals surface area contributed by atoms with Gasteiger partial charge in [0, 0.05) is 18.2 Å². The Kier molecular flexibility index (Phi) is 4.51. The van der Waals surface area contributed by atoms with Gasteiger partial charge in [0.2, 0.25) is 11.8 Å². The first kappa shape index (κ1) is 12.2. The maximum Gasteiger partial charge on any atom is 0.226 e. The van der Waals surface area contributed by atoms with Crippen molar-refractivity contribution in [1.29, 1.82) is 0 Å². The normalized spacial score (nSPS) is 11.6. The molecule has 0 saturated heterocycles. The van der Waals surface area contributed by atoms with Crippen LogP contribution in [0.5, 0.6) is 0 Å². The summed E-state index contributed by atoms with van der Waals surface area (Å²) in [5.74, 6) is -0.785. The molecular formula is C12H14N2O2. The number of amides is 2. The van der Waals surface area contributed by atoms with Gasteiger partial charge in [0.15, 0.2) is 0 Å². The number of carbonyl (C=O) groups excluding carboxylic acids is 2. The second-order valence-electron chi connectivity index (χ2n) is 3.53. The Morgan fingerprint density at radius 3 is 2.50 bits per heavy atom. The molecule has 1 rings (SSSR count). The average Bonchev–Trinajstić information content (AvgIpc) is 2.17. The fourth-order valence-electron chi connectivity index (χ4n) is 1.31. The van der Waals surface area contributed by atoms with Gasteiger partial charge in [-0.15, -0.1) is 0 Å². The highest BCUT2D eigenvalue weighted by Gasteiger charge is 2.09. The van der Waals surface area contributed by atoms with E-state index in [9.17, 15) is 9.59 Å². The molecule has 1 aromatic carbocycles.